The molecule has 3 rings (SSSR count). The SMILES string of the molecule is CC1CC(c2ccc(OCCO)cc2)C(c2ccc(OCCO)cc2)C(C)(C)C1. The Balaban J connectivity index is 1.88. The Hall–Kier alpha value is -2.04. The molecule has 158 valence electrons. The summed E-state index contributed by atoms with van der Waals surface area (Å²) in [6, 6.07) is 16.8. The smallest absolute Gasteiger partial charge is 0.119 e. The minimum absolute atomic E-state index is 0.0232. The number of rotatable bonds is 8. The lowest BCUT2D eigenvalue weighted by atomic mass is 9.57. The van der Waals surface area contributed by atoms with Crippen molar-refractivity contribution in [2.75, 3.05) is 26.4 Å². The molecule has 2 aromatic rings. The van der Waals surface area contributed by atoms with Crippen molar-refractivity contribution in [3.63, 3.8) is 0 Å². The fraction of sp³-hybridized carbons (Fsp3) is 0.520. The summed E-state index contributed by atoms with van der Waals surface area (Å²) in [4.78, 5) is 0. The normalized spacial score (nSPS) is 23.6. The first-order valence-corrected chi connectivity index (χ1v) is 10.6. The highest BCUT2D eigenvalue weighted by Gasteiger charge is 2.43. The molecule has 0 spiro atoms. The molecule has 0 aromatic heterocycles. The molecule has 29 heavy (non-hydrogen) atoms. The molecular weight excluding hydrogens is 364 g/mol. The van der Waals surface area contributed by atoms with Gasteiger partial charge >= 0.3 is 0 Å². The van der Waals surface area contributed by atoms with Crippen LogP contribution in [0.3, 0.4) is 0 Å². The first-order chi connectivity index (χ1) is 13.9. The topological polar surface area (TPSA) is 58.9 Å². The first kappa shape index (κ1) is 21.7. The maximum Gasteiger partial charge on any atom is 0.119 e. The molecule has 2 N–H and O–H groups in total. The summed E-state index contributed by atoms with van der Waals surface area (Å²) in [5.41, 5.74) is 2.86. The second kappa shape index (κ2) is 9.64. The predicted octanol–water partition coefficient (Wildman–Crippen LogP) is 4.75. The van der Waals surface area contributed by atoms with Gasteiger partial charge in [-0.25, -0.2) is 0 Å². The third kappa shape index (κ3) is 5.31. The van der Waals surface area contributed by atoms with E-state index in [4.69, 9.17) is 19.7 Å². The van der Waals surface area contributed by atoms with Gasteiger partial charge in [0.2, 0.25) is 0 Å². The maximum absolute atomic E-state index is 8.96. The fourth-order valence-corrected chi connectivity index (χ4v) is 5.14. The number of hydrogen-bond donors (Lipinski definition) is 2. The number of ether oxygens (including phenoxy) is 2. The zero-order valence-electron chi connectivity index (χ0n) is 17.8. The van der Waals surface area contributed by atoms with Gasteiger partial charge < -0.3 is 19.7 Å². The maximum atomic E-state index is 8.96. The van der Waals surface area contributed by atoms with E-state index in [0.29, 0.717) is 31.0 Å². The molecule has 0 saturated heterocycles. The van der Waals surface area contributed by atoms with Crippen LogP contribution in [-0.2, 0) is 0 Å². The van der Waals surface area contributed by atoms with Gasteiger partial charge in [0.15, 0.2) is 0 Å². The van der Waals surface area contributed by atoms with Crippen molar-refractivity contribution in [1.82, 2.24) is 0 Å². The van der Waals surface area contributed by atoms with Crippen LogP contribution in [0, 0.1) is 11.3 Å². The summed E-state index contributed by atoms with van der Waals surface area (Å²) >= 11 is 0. The Morgan fingerprint density at radius 2 is 1.31 bits per heavy atom. The van der Waals surface area contributed by atoms with Gasteiger partial charge in [-0.15, -0.1) is 0 Å². The number of aliphatic hydroxyl groups is 2. The van der Waals surface area contributed by atoms with E-state index in [0.717, 1.165) is 17.9 Å². The Morgan fingerprint density at radius 1 is 0.828 bits per heavy atom. The van der Waals surface area contributed by atoms with Crippen molar-refractivity contribution in [2.24, 2.45) is 11.3 Å². The summed E-state index contributed by atoms with van der Waals surface area (Å²) in [5, 5.41) is 17.9. The number of hydrogen-bond acceptors (Lipinski definition) is 4. The monoisotopic (exact) mass is 398 g/mol. The molecule has 0 heterocycles. The van der Waals surface area contributed by atoms with Crippen molar-refractivity contribution in [3.05, 3.63) is 59.7 Å². The molecule has 4 nitrogen and oxygen atoms in total. The van der Waals surface area contributed by atoms with E-state index in [-0.39, 0.29) is 18.6 Å². The summed E-state index contributed by atoms with van der Waals surface area (Å²) in [6.07, 6.45) is 2.36. The van der Waals surface area contributed by atoms with Crippen LogP contribution < -0.4 is 9.47 Å². The highest BCUT2D eigenvalue weighted by atomic mass is 16.5. The lowest BCUT2D eigenvalue weighted by Gasteiger charge is -2.47. The molecule has 1 fully saturated rings. The van der Waals surface area contributed by atoms with Gasteiger partial charge in [0.05, 0.1) is 13.2 Å². The molecule has 2 aromatic carbocycles. The molecule has 1 aliphatic rings. The Kier molecular flexibility index (Phi) is 7.20. The fourth-order valence-electron chi connectivity index (χ4n) is 5.14. The highest BCUT2D eigenvalue weighted by Crippen LogP contribution is 2.55. The van der Waals surface area contributed by atoms with Crippen LogP contribution >= 0.6 is 0 Å². The molecule has 0 radical (unpaired) electrons. The highest BCUT2D eigenvalue weighted by molar-refractivity contribution is 5.37. The molecule has 3 unspecified atom stereocenters. The molecule has 4 heteroatoms. The standard InChI is InChI=1S/C25H34O4/c1-18-16-23(19-4-8-21(9-5-19)28-14-12-26)24(25(2,3)17-18)20-6-10-22(11-7-20)29-15-13-27/h4-11,18,23-24,26-27H,12-17H2,1-3H3. The van der Waals surface area contributed by atoms with Crippen LogP contribution in [0.2, 0.25) is 0 Å². The third-order valence-electron chi connectivity index (χ3n) is 6.04. The Morgan fingerprint density at radius 3 is 1.79 bits per heavy atom. The second-order valence-corrected chi connectivity index (χ2v) is 8.90. The largest absolute Gasteiger partial charge is 0.491 e. The van der Waals surface area contributed by atoms with Gasteiger partial charge in [0.1, 0.15) is 24.7 Å². The van der Waals surface area contributed by atoms with Crippen molar-refractivity contribution in [2.45, 2.75) is 45.4 Å². The quantitative estimate of drug-likeness (QED) is 0.674. The van der Waals surface area contributed by atoms with Crippen molar-refractivity contribution >= 4 is 0 Å². The minimum atomic E-state index is 0.0232. The zero-order valence-corrected chi connectivity index (χ0v) is 17.8. The molecule has 0 bridgehead atoms. The van der Waals surface area contributed by atoms with Gasteiger partial charge in [0, 0.05) is 0 Å². The molecular formula is C25H34O4. The second-order valence-electron chi connectivity index (χ2n) is 8.90. The van der Waals surface area contributed by atoms with E-state index >= 15 is 0 Å². The van der Waals surface area contributed by atoms with E-state index in [1.807, 2.05) is 24.3 Å². The van der Waals surface area contributed by atoms with Gasteiger partial charge in [-0.3, -0.25) is 0 Å². The lowest BCUT2D eigenvalue weighted by molar-refractivity contribution is 0.130. The van der Waals surface area contributed by atoms with Gasteiger partial charge in [0.25, 0.3) is 0 Å². The van der Waals surface area contributed by atoms with E-state index in [1.54, 1.807) is 0 Å². The van der Waals surface area contributed by atoms with Gasteiger partial charge in [-0.05, 0) is 71.4 Å². The molecule has 1 saturated carbocycles. The molecule has 0 amide bonds. The summed E-state index contributed by atoms with van der Waals surface area (Å²) in [5.74, 6) is 3.11. The van der Waals surface area contributed by atoms with Gasteiger partial charge in [-0.2, -0.15) is 0 Å². The number of benzene rings is 2. The summed E-state index contributed by atoms with van der Waals surface area (Å²) in [6.45, 7) is 7.81. The van der Waals surface area contributed by atoms with E-state index in [1.165, 1.54) is 17.5 Å². The van der Waals surface area contributed by atoms with E-state index < -0.39 is 0 Å². The van der Waals surface area contributed by atoms with Crippen LogP contribution in [0.25, 0.3) is 0 Å². The minimum Gasteiger partial charge on any atom is -0.491 e. The van der Waals surface area contributed by atoms with Crippen LogP contribution in [0.15, 0.2) is 48.5 Å². The average molecular weight is 399 g/mol. The molecule has 1 aliphatic carbocycles. The van der Waals surface area contributed by atoms with Gasteiger partial charge in [-0.1, -0.05) is 45.0 Å². The first-order valence-electron chi connectivity index (χ1n) is 10.6. The Labute approximate surface area is 174 Å². The van der Waals surface area contributed by atoms with Crippen LogP contribution in [0.1, 0.15) is 56.6 Å². The van der Waals surface area contributed by atoms with Crippen molar-refractivity contribution in [3.8, 4) is 11.5 Å². The van der Waals surface area contributed by atoms with Crippen LogP contribution in [0.5, 0.6) is 11.5 Å². The zero-order chi connectivity index (χ0) is 20.9. The van der Waals surface area contributed by atoms with E-state index in [9.17, 15) is 0 Å². The average Bonchev–Trinajstić information content (AvgIpc) is 2.70. The lowest BCUT2D eigenvalue weighted by Crippen LogP contribution is -2.35. The van der Waals surface area contributed by atoms with Crippen molar-refractivity contribution in [1.29, 1.82) is 0 Å². The van der Waals surface area contributed by atoms with Crippen LogP contribution in [0.4, 0.5) is 0 Å². The summed E-state index contributed by atoms with van der Waals surface area (Å²) in [7, 11) is 0. The van der Waals surface area contributed by atoms with E-state index in [2.05, 4.69) is 45.0 Å². The summed E-state index contributed by atoms with van der Waals surface area (Å²) < 4.78 is 11.1. The number of aliphatic hydroxyl groups excluding tert-OH is 2. The third-order valence-corrected chi connectivity index (χ3v) is 6.04. The van der Waals surface area contributed by atoms with Crippen molar-refractivity contribution < 1.29 is 19.7 Å². The van der Waals surface area contributed by atoms with Crippen LogP contribution in [-0.4, -0.2) is 36.6 Å². The predicted molar refractivity (Wildman–Crippen MR) is 116 cm³/mol. The molecule has 3 atom stereocenters. The Bertz CT molecular complexity index is 751. The molecule has 0 aliphatic heterocycles.